The van der Waals surface area contributed by atoms with Crippen molar-refractivity contribution in [3.63, 3.8) is 0 Å². The summed E-state index contributed by atoms with van der Waals surface area (Å²) in [5.41, 5.74) is 2.60. The van der Waals surface area contributed by atoms with Crippen LogP contribution in [0.25, 0.3) is 0 Å². The third kappa shape index (κ3) is 3.03. The molecule has 0 bridgehead atoms. The normalized spacial score (nSPS) is 30.5. The summed E-state index contributed by atoms with van der Waals surface area (Å²) in [6, 6.07) is 0.550. The molecule has 0 aromatic carbocycles. The van der Waals surface area contributed by atoms with Crippen molar-refractivity contribution in [2.24, 2.45) is 0 Å². The van der Waals surface area contributed by atoms with Crippen LogP contribution in [0.1, 0.15) is 44.7 Å². The van der Waals surface area contributed by atoms with Gasteiger partial charge in [0.25, 0.3) is 0 Å². The van der Waals surface area contributed by atoms with Gasteiger partial charge in [0.2, 0.25) is 0 Å². The average molecular weight is 240 g/mol. The Bertz CT molecular complexity index is 305. The fraction of sp³-hybridized carbons (Fsp3) is 0.750. The average Bonchev–Trinajstić information content (AvgIpc) is 2.81. The number of hydrogen-bond acceptors (Lipinski definition) is 4. The molecule has 16 heavy (non-hydrogen) atoms. The highest BCUT2D eigenvalue weighted by Gasteiger charge is 2.31. The van der Waals surface area contributed by atoms with Gasteiger partial charge in [-0.05, 0) is 32.1 Å². The van der Waals surface area contributed by atoms with Crippen molar-refractivity contribution in [3.8, 4) is 0 Å². The summed E-state index contributed by atoms with van der Waals surface area (Å²) in [7, 11) is 0. The van der Waals surface area contributed by atoms with Gasteiger partial charge in [0, 0.05) is 18.0 Å². The summed E-state index contributed by atoms with van der Waals surface area (Å²) in [5.74, 6) is 0. The molecule has 1 aromatic heterocycles. The molecule has 1 aliphatic rings. The Balaban J connectivity index is 1.73. The Morgan fingerprint density at radius 1 is 1.56 bits per heavy atom. The Morgan fingerprint density at radius 3 is 2.88 bits per heavy atom. The van der Waals surface area contributed by atoms with Crippen molar-refractivity contribution < 1.29 is 5.11 Å². The van der Waals surface area contributed by atoms with Crippen LogP contribution in [0.4, 0.5) is 0 Å². The number of aromatic nitrogens is 1. The molecule has 1 aromatic rings. The largest absolute Gasteiger partial charge is 0.390 e. The Morgan fingerprint density at radius 2 is 2.31 bits per heavy atom. The lowest BCUT2D eigenvalue weighted by atomic mass is 9.80. The van der Waals surface area contributed by atoms with Crippen molar-refractivity contribution in [1.82, 2.24) is 10.3 Å². The fourth-order valence-electron chi connectivity index (χ4n) is 2.29. The molecule has 0 unspecified atom stereocenters. The van der Waals surface area contributed by atoms with Crippen molar-refractivity contribution in [2.75, 3.05) is 0 Å². The lowest BCUT2D eigenvalue weighted by molar-refractivity contribution is -0.00693. The third-order valence-electron chi connectivity index (χ3n) is 3.63. The van der Waals surface area contributed by atoms with Crippen LogP contribution in [0.15, 0.2) is 10.9 Å². The number of aliphatic hydroxyl groups is 1. The molecule has 0 atom stereocenters. The van der Waals surface area contributed by atoms with Gasteiger partial charge in [0.1, 0.15) is 0 Å². The maximum atomic E-state index is 10.1. The summed E-state index contributed by atoms with van der Waals surface area (Å²) >= 11 is 1.64. The van der Waals surface area contributed by atoms with E-state index in [1.165, 1.54) is 0 Å². The van der Waals surface area contributed by atoms with Gasteiger partial charge in [-0.3, -0.25) is 0 Å². The first-order valence-corrected chi connectivity index (χ1v) is 6.99. The van der Waals surface area contributed by atoms with Gasteiger partial charge in [0.05, 0.1) is 16.8 Å². The second-order valence-corrected chi connectivity index (χ2v) is 5.43. The zero-order valence-electron chi connectivity index (χ0n) is 9.78. The summed E-state index contributed by atoms with van der Waals surface area (Å²) < 4.78 is 0. The maximum absolute atomic E-state index is 10.1. The van der Waals surface area contributed by atoms with E-state index in [0.29, 0.717) is 6.04 Å². The van der Waals surface area contributed by atoms with Crippen LogP contribution >= 0.6 is 11.3 Å². The summed E-state index contributed by atoms with van der Waals surface area (Å²) in [6.45, 7) is 2.93. The second kappa shape index (κ2) is 5.25. The number of rotatable bonds is 4. The molecule has 0 saturated heterocycles. The first-order valence-electron chi connectivity index (χ1n) is 6.05. The minimum absolute atomic E-state index is 0.390. The zero-order chi connectivity index (χ0) is 11.4. The van der Waals surface area contributed by atoms with Crippen LogP contribution in [-0.2, 0) is 6.54 Å². The van der Waals surface area contributed by atoms with Crippen molar-refractivity contribution in [2.45, 2.75) is 57.2 Å². The minimum atomic E-state index is -0.390. The molecule has 2 N–H and O–H groups in total. The first-order chi connectivity index (χ1) is 7.72. The Kier molecular flexibility index (Phi) is 3.95. The molecule has 0 amide bonds. The number of nitrogens with zero attached hydrogens (tertiary/aromatic N) is 1. The molecule has 90 valence electrons. The van der Waals surface area contributed by atoms with Gasteiger partial charge < -0.3 is 10.4 Å². The lowest BCUT2D eigenvalue weighted by Gasteiger charge is -2.35. The molecule has 4 heteroatoms. The molecule has 0 aliphatic heterocycles. The maximum Gasteiger partial charge on any atom is 0.0795 e. The van der Waals surface area contributed by atoms with Gasteiger partial charge in [-0.2, -0.15) is 0 Å². The van der Waals surface area contributed by atoms with Crippen molar-refractivity contribution in [1.29, 1.82) is 0 Å². The number of hydrogen-bond donors (Lipinski definition) is 2. The quantitative estimate of drug-likeness (QED) is 0.849. The molecule has 1 saturated carbocycles. The van der Waals surface area contributed by atoms with E-state index < -0.39 is 5.60 Å². The molecule has 0 spiro atoms. The van der Waals surface area contributed by atoms with Crippen LogP contribution in [0.3, 0.4) is 0 Å². The van der Waals surface area contributed by atoms with Gasteiger partial charge in [0.15, 0.2) is 0 Å². The fourth-order valence-corrected chi connectivity index (χ4v) is 2.84. The molecule has 3 nitrogen and oxygen atoms in total. The topological polar surface area (TPSA) is 45.1 Å². The smallest absolute Gasteiger partial charge is 0.0795 e. The summed E-state index contributed by atoms with van der Waals surface area (Å²) in [6.07, 6.45) is 4.89. The van der Waals surface area contributed by atoms with Crippen molar-refractivity contribution in [3.05, 3.63) is 16.6 Å². The zero-order valence-corrected chi connectivity index (χ0v) is 10.6. The van der Waals surface area contributed by atoms with Gasteiger partial charge in [-0.15, -0.1) is 11.3 Å². The summed E-state index contributed by atoms with van der Waals surface area (Å²) in [4.78, 5) is 4.25. The standard InChI is InChI=1S/C12H20N2OS/c1-2-12(15)5-3-10(4-6-12)13-7-11-8-16-9-14-11/h8-10,13,15H,2-7H2,1H3. The van der Waals surface area contributed by atoms with Gasteiger partial charge >= 0.3 is 0 Å². The van der Waals surface area contributed by atoms with Crippen LogP contribution in [-0.4, -0.2) is 21.7 Å². The molecule has 1 heterocycles. The molecule has 1 aliphatic carbocycles. The van der Waals surface area contributed by atoms with Crippen LogP contribution in [0, 0.1) is 0 Å². The van der Waals surface area contributed by atoms with E-state index in [9.17, 15) is 5.11 Å². The number of nitrogens with one attached hydrogen (secondary N) is 1. The van der Waals surface area contributed by atoms with Crippen LogP contribution in [0.2, 0.25) is 0 Å². The highest BCUT2D eigenvalue weighted by molar-refractivity contribution is 7.07. The Labute approximate surface area is 101 Å². The predicted molar refractivity (Wildman–Crippen MR) is 66.5 cm³/mol. The first kappa shape index (κ1) is 12.0. The SMILES string of the molecule is CCC1(O)CCC(NCc2cscn2)CC1. The highest BCUT2D eigenvalue weighted by Crippen LogP contribution is 2.30. The van der Waals surface area contributed by atoms with E-state index in [-0.39, 0.29) is 0 Å². The van der Waals surface area contributed by atoms with E-state index in [0.717, 1.165) is 44.3 Å². The third-order valence-corrected chi connectivity index (χ3v) is 4.27. The van der Waals surface area contributed by atoms with E-state index in [1.807, 2.05) is 5.51 Å². The highest BCUT2D eigenvalue weighted by atomic mass is 32.1. The Hall–Kier alpha value is -0.450. The molecule has 2 rings (SSSR count). The number of thiazole rings is 1. The van der Waals surface area contributed by atoms with Crippen LogP contribution in [0.5, 0.6) is 0 Å². The molecule has 1 fully saturated rings. The lowest BCUT2D eigenvalue weighted by Crippen LogP contribution is -2.40. The van der Waals surface area contributed by atoms with Gasteiger partial charge in [-0.1, -0.05) is 6.92 Å². The predicted octanol–water partition coefficient (Wildman–Crippen LogP) is 2.32. The van der Waals surface area contributed by atoms with Crippen LogP contribution < -0.4 is 5.32 Å². The van der Waals surface area contributed by atoms with E-state index in [4.69, 9.17) is 0 Å². The molecule has 0 radical (unpaired) electrons. The monoisotopic (exact) mass is 240 g/mol. The minimum Gasteiger partial charge on any atom is -0.390 e. The van der Waals surface area contributed by atoms with E-state index >= 15 is 0 Å². The summed E-state index contributed by atoms with van der Waals surface area (Å²) in [5, 5.41) is 15.7. The molecular formula is C12H20N2OS. The molecular weight excluding hydrogens is 220 g/mol. The van der Waals surface area contributed by atoms with E-state index in [1.54, 1.807) is 11.3 Å². The van der Waals surface area contributed by atoms with Crippen molar-refractivity contribution >= 4 is 11.3 Å². The second-order valence-electron chi connectivity index (χ2n) is 4.71. The van der Waals surface area contributed by atoms with Gasteiger partial charge in [-0.25, -0.2) is 4.98 Å². The van der Waals surface area contributed by atoms with E-state index in [2.05, 4.69) is 22.6 Å².